The fourth-order valence-corrected chi connectivity index (χ4v) is 1.90. The SMILES string of the molecule is COc1cc(C(C)NCC(C)(O)CO)cc(OC)c1OC. The zero-order chi connectivity index (χ0) is 16.0. The van der Waals surface area contributed by atoms with Crippen molar-refractivity contribution in [1.29, 1.82) is 0 Å². The van der Waals surface area contributed by atoms with Gasteiger partial charge >= 0.3 is 0 Å². The van der Waals surface area contributed by atoms with Gasteiger partial charge in [0.05, 0.1) is 33.5 Å². The third-order valence-corrected chi connectivity index (χ3v) is 3.32. The standard InChI is InChI=1S/C15H25NO5/c1-10(16-8-15(2,18)9-17)11-6-12(19-3)14(21-5)13(7-11)20-4/h6-7,10,16-18H,8-9H2,1-5H3. The largest absolute Gasteiger partial charge is 0.493 e. The summed E-state index contributed by atoms with van der Waals surface area (Å²) >= 11 is 0. The van der Waals surface area contributed by atoms with E-state index in [1.807, 2.05) is 19.1 Å². The average Bonchev–Trinajstić information content (AvgIpc) is 2.50. The number of methoxy groups -OCH3 is 3. The molecule has 120 valence electrons. The maximum atomic E-state index is 9.82. The Bertz CT molecular complexity index is 436. The van der Waals surface area contributed by atoms with Gasteiger partial charge in [0, 0.05) is 12.6 Å². The molecule has 1 rings (SSSR count). The molecule has 6 nitrogen and oxygen atoms in total. The number of hydrogen-bond acceptors (Lipinski definition) is 6. The molecule has 0 saturated carbocycles. The molecule has 0 amide bonds. The van der Waals surface area contributed by atoms with Crippen LogP contribution < -0.4 is 19.5 Å². The molecule has 0 fully saturated rings. The fraction of sp³-hybridized carbons (Fsp3) is 0.600. The Hall–Kier alpha value is -1.50. The van der Waals surface area contributed by atoms with Crippen molar-refractivity contribution in [3.63, 3.8) is 0 Å². The normalized spacial score (nSPS) is 15.2. The third kappa shape index (κ3) is 4.49. The Kier molecular flexibility index (Phi) is 6.26. The van der Waals surface area contributed by atoms with Crippen LogP contribution in [0.25, 0.3) is 0 Å². The van der Waals surface area contributed by atoms with E-state index in [9.17, 15) is 5.11 Å². The van der Waals surface area contributed by atoms with E-state index in [2.05, 4.69) is 5.32 Å². The van der Waals surface area contributed by atoms with Crippen LogP contribution in [-0.2, 0) is 0 Å². The van der Waals surface area contributed by atoms with E-state index in [1.165, 1.54) is 0 Å². The molecule has 0 spiro atoms. The summed E-state index contributed by atoms with van der Waals surface area (Å²) in [4.78, 5) is 0. The van der Waals surface area contributed by atoms with Gasteiger partial charge in [-0.15, -0.1) is 0 Å². The Morgan fingerprint density at radius 2 is 1.67 bits per heavy atom. The molecule has 0 aromatic heterocycles. The van der Waals surface area contributed by atoms with Crippen molar-refractivity contribution in [3.05, 3.63) is 17.7 Å². The number of aliphatic hydroxyl groups excluding tert-OH is 1. The predicted octanol–water partition coefficient (Wildman–Crippen LogP) is 1.11. The van der Waals surface area contributed by atoms with Crippen molar-refractivity contribution in [3.8, 4) is 17.2 Å². The summed E-state index contributed by atoms with van der Waals surface area (Å²) in [7, 11) is 4.69. The molecule has 2 atom stereocenters. The first-order valence-corrected chi connectivity index (χ1v) is 6.75. The number of benzene rings is 1. The first kappa shape index (κ1) is 17.6. The zero-order valence-electron chi connectivity index (χ0n) is 13.3. The van der Waals surface area contributed by atoms with Crippen LogP contribution in [0.15, 0.2) is 12.1 Å². The lowest BCUT2D eigenvalue weighted by Crippen LogP contribution is -2.41. The molecular formula is C15H25NO5. The van der Waals surface area contributed by atoms with Gasteiger partial charge in [-0.25, -0.2) is 0 Å². The van der Waals surface area contributed by atoms with Crippen molar-refractivity contribution in [2.45, 2.75) is 25.5 Å². The van der Waals surface area contributed by atoms with Gasteiger partial charge in [-0.05, 0) is 31.5 Å². The van der Waals surface area contributed by atoms with Crippen molar-refractivity contribution in [2.24, 2.45) is 0 Å². The average molecular weight is 299 g/mol. The highest BCUT2D eigenvalue weighted by Gasteiger charge is 2.21. The molecule has 0 radical (unpaired) electrons. The molecule has 0 aliphatic rings. The summed E-state index contributed by atoms with van der Waals surface area (Å²) < 4.78 is 15.9. The first-order valence-electron chi connectivity index (χ1n) is 6.75. The van der Waals surface area contributed by atoms with Gasteiger partial charge in [-0.1, -0.05) is 0 Å². The molecule has 0 bridgehead atoms. The molecule has 6 heteroatoms. The van der Waals surface area contributed by atoms with E-state index >= 15 is 0 Å². The second-order valence-electron chi connectivity index (χ2n) is 5.22. The molecule has 0 heterocycles. The summed E-state index contributed by atoms with van der Waals surface area (Å²) in [5.41, 5.74) is -0.229. The predicted molar refractivity (Wildman–Crippen MR) is 80.2 cm³/mol. The van der Waals surface area contributed by atoms with Crippen LogP contribution in [0.3, 0.4) is 0 Å². The molecule has 2 unspecified atom stereocenters. The summed E-state index contributed by atoms with van der Waals surface area (Å²) in [6.45, 7) is 3.49. The van der Waals surface area contributed by atoms with Gasteiger partial charge in [0.15, 0.2) is 11.5 Å². The molecule has 1 aromatic carbocycles. The van der Waals surface area contributed by atoms with Crippen LogP contribution in [0.4, 0.5) is 0 Å². The van der Waals surface area contributed by atoms with Gasteiger partial charge < -0.3 is 29.7 Å². The lowest BCUT2D eigenvalue weighted by molar-refractivity contribution is 0.00105. The molecule has 3 N–H and O–H groups in total. The second-order valence-corrected chi connectivity index (χ2v) is 5.22. The highest BCUT2D eigenvalue weighted by molar-refractivity contribution is 5.54. The summed E-state index contributed by atoms with van der Waals surface area (Å²) in [5, 5.41) is 22.1. The van der Waals surface area contributed by atoms with Crippen LogP contribution in [-0.4, -0.2) is 50.3 Å². The van der Waals surface area contributed by atoms with Crippen LogP contribution >= 0.6 is 0 Å². The summed E-state index contributed by atoms with van der Waals surface area (Å²) in [5.74, 6) is 1.70. The van der Waals surface area contributed by atoms with Crippen LogP contribution in [0.5, 0.6) is 17.2 Å². The van der Waals surface area contributed by atoms with Crippen LogP contribution in [0.2, 0.25) is 0 Å². The molecule has 0 aliphatic carbocycles. The van der Waals surface area contributed by atoms with E-state index in [0.717, 1.165) is 5.56 Å². The third-order valence-electron chi connectivity index (χ3n) is 3.32. The maximum absolute atomic E-state index is 9.82. The van der Waals surface area contributed by atoms with Gasteiger partial charge in [0.2, 0.25) is 5.75 Å². The summed E-state index contributed by atoms with van der Waals surface area (Å²) in [6, 6.07) is 3.65. The zero-order valence-corrected chi connectivity index (χ0v) is 13.3. The van der Waals surface area contributed by atoms with E-state index in [4.69, 9.17) is 19.3 Å². The topological polar surface area (TPSA) is 80.2 Å². The molecule has 1 aromatic rings. The Balaban J connectivity index is 2.97. The first-order chi connectivity index (χ1) is 9.88. The minimum atomic E-state index is -1.16. The minimum absolute atomic E-state index is 0.0586. The number of hydrogen-bond donors (Lipinski definition) is 3. The van der Waals surface area contributed by atoms with Crippen molar-refractivity contribution < 1.29 is 24.4 Å². The van der Waals surface area contributed by atoms with E-state index in [1.54, 1.807) is 28.3 Å². The molecular weight excluding hydrogens is 274 g/mol. The lowest BCUT2D eigenvalue weighted by Gasteiger charge is -2.24. The molecule has 0 aliphatic heterocycles. The number of nitrogens with one attached hydrogen (secondary N) is 1. The van der Waals surface area contributed by atoms with Gasteiger partial charge in [-0.2, -0.15) is 0 Å². The quantitative estimate of drug-likeness (QED) is 0.667. The Labute approximate surface area is 125 Å². The Morgan fingerprint density at radius 3 is 2.05 bits per heavy atom. The number of aliphatic hydroxyl groups is 2. The monoisotopic (exact) mass is 299 g/mol. The van der Waals surface area contributed by atoms with Gasteiger partial charge in [0.25, 0.3) is 0 Å². The van der Waals surface area contributed by atoms with Gasteiger partial charge in [-0.3, -0.25) is 0 Å². The minimum Gasteiger partial charge on any atom is -0.493 e. The Morgan fingerprint density at radius 1 is 1.14 bits per heavy atom. The molecule has 0 saturated heterocycles. The van der Waals surface area contributed by atoms with Crippen molar-refractivity contribution in [2.75, 3.05) is 34.5 Å². The van der Waals surface area contributed by atoms with Crippen molar-refractivity contribution in [1.82, 2.24) is 5.32 Å². The van der Waals surface area contributed by atoms with E-state index in [-0.39, 0.29) is 19.2 Å². The lowest BCUT2D eigenvalue weighted by atomic mass is 10.0. The van der Waals surface area contributed by atoms with E-state index < -0.39 is 5.60 Å². The summed E-state index contributed by atoms with van der Waals surface area (Å²) in [6.07, 6.45) is 0. The van der Waals surface area contributed by atoms with E-state index in [0.29, 0.717) is 17.2 Å². The van der Waals surface area contributed by atoms with Crippen molar-refractivity contribution >= 4 is 0 Å². The highest BCUT2D eigenvalue weighted by atomic mass is 16.5. The maximum Gasteiger partial charge on any atom is 0.203 e. The molecule has 21 heavy (non-hydrogen) atoms. The second kappa shape index (κ2) is 7.49. The highest BCUT2D eigenvalue weighted by Crippen LogP contribution is 2.39. The number of ether oxygens (including phenoxy) is 3. The smallest absolute Gasteiger partial charge is 0.203 e. The fourth-order valence-electron chi connectivity index (χ4n) is 1.90. The van der Waals surface area contributed by atoms with Crippen LogP contribution in [0, 0.1) is 0 Å². The van der Waals surface area contributed by atoms with Gasteiger partial charge in [0.1, 0.15) is 0 Å². The number of rotatable bonds is 8. The van der Waals surface area contributed by atoms with Crippen LogP contribution in [0.1, 0.15) is 25.5 Å².